The number of hydrogen-bond donors (Lipinski definition) is 8. The quantitative estimate of drug-likeness (QED) is 0.0255. The molecule has 0 aromatic rings. The van der Waals surface area contributed by atoms with Crippen LogP contribution in [-0.2, 0) is 33.3 Å². The number of esters is 2. The maximum atomic E-state index is 12.5. The molecule has 15 heteroatoms. The Bertz CT molecular complexity index is 1050. The summed E-state index contributed by atoms with van der Waals surface area (Å²) in [5, 5.41) is 83.8. The Morgan fingerprint density at radius 1 is 0.413 bits per heavy atom. The first-order valence-corrected chi connectivity index (χ1v) is 25.1. The van der Waals surface area contributed by atoms with E-state index >= 15 is 0 Å². The maximum Gasteiger partial charge on any atom is 0.305 e. The predicted octanol–water partition coefficient (Wildman–Crippen LogP) is 6.17. The van der Waals surface area contributed by atoms with Crippen LogP contribution < -0.4 is 0 Å². The van der Waals surface area contributed by atoms with E-state index in [1.54, 1.807) is 0 Å². The van der Waals surface area contributed by atoms with Crippen molar-refractivity contribution in [2.75, 3.05) is 13.2 Å². The van der Waals surface area contributed by atoms with Crippen LogP contribution in [0.3, 0.4) is 0 Å². The van der Waals surface area contributed by atoms with E-state index in [0.717, 1.165) is 116 Å². The van der Waals surface area contributed by atoms with Gasteiger partial charge in [0.1, 0.15) is 62.0 Å². The van der Waals surface area contributed by atoms with Gasteiger partial charge >= 0.3 is 11.9 Å². The lowest BCUT2D eigenvalue weighted by molar-refractivity contribution is -0.376. The Morgan fingerprint density at radius 3 is 1.02 bits per heavy atom. The molecule has 12 atom stereocenters. The summed E-state index contributed by atoms with van der Waals surface area (Å²) in [6.07, 6.45) is 12.1. The molecule has 0 amide bonds. The summed E-state index contributed by atoms with van der Waals surface area (Å²) in [4.78, 5) is 24.9. The van der Waals surface area contributed by atoms with Crippen LogP contribution >= 0.6 is 0 Å². The standard InChI is InChI=1S/C48H90O15/c1-3-5-7-15-21-27-35(49)29-23-17-11-9-13-19-25-31-39(51)59-33-37-41(53)43(55)45(57)47(61-37)63-48-46(58)44(56)42(54)38(62-48)34-60-40(52)32-26-20-14-10-12-18-24-30-36(50)28-22-16-8-6-4-2/h35-38,41-50,53-58H,3-34H2,1-2H3/t35?,36?,37-,38+,41-,42+,43+,44-,45-,46+,47-,48+. The Labute approximate surface area is 378 Å². The number of hydrogen-bond acceptors (Lipinski definition) is 15. The van der Waals surface area contributed by atoms with Gasteiger partial charge in [-0.3, -0.25) is 9.59 Å². The van der Waals surface area contributed by atoms with Crippen LogP contribution in [0.25, 0.3) is 0 Å². The molecule has 0 aromatic heterocycles. The zero-order chi connectivity index (χ0) is 46.2. The van der Waals surface area contributed by atoms with Crippen LogP contribution in [0.1, 0.15) is 206 Å². The molecule has 2 rings (SSSR count). The third kappa shape index (κ3) is 25.3. The summed E-state index contributed by atoms with van der Waals surface area (Å²) >= 11 is 0. The van der Waals surface area contributed by atoms with Crippen molar-refractivity contribution in [3.63, 3.8) is 0 Å². The molecule has 0 radical (unpaired) electrons. The Kier molecular flexibility index (Phi) is 32.6. The first kappa shape index (κ1) is 57.6. The van der Waals surface area contributed by atoms with E-state index in [2.05, 4.69) is 13.8 Å². The molecule has 0 spiro atoms. The lowest BCUT2D eigenvalue weighted by Crippen LogP contribution is -2.64. The zero-order valence-corrected chi connectivity index (χ0v) is 39.0. The average Bonchev–Trinajstić information content (AvgIpc) is 3.27. The molecule has 0 aliphatic carbocycles. The maximum absolute atomic E-state index is 12.5. The van der Waals surface area contributed by atoms with E-state index in [1.807, 2.05) is 0 Å². The van der Waals surface area contributed by atoms with Gasteiger partial charge in [0.2, 0.25) is 0 Å². The second kappa shape index (κ2) is 35.7. The summed E-state index contributed by atoms with van der Waals surface area (Å²) < 4.78 is 27.5. The Balaban J connectivity index is 1.62. The molecule has 2 heterocycles. The zero-order valence-electron chi connectivity index (χ0n) is 39.0. The van der Waals surface area contributed by atoms with E-state index in [9.17, 15) is 50.4 Å². The highest BCUT2D eigenvalue weighted by Gasteiger charge is 2.50. The van der Waals surface area contributed by atoms with Gasteiger partial charge in [0.25, 0.3) is 0 Å². The van der Waals surface area contributed by atoms with Crippen LogP contribution in [-0.4, -0.2) is 140 Å². The second-order valence-electron chi connectivity index (χ2n) is 18.3. The third-order valence-corrected chi connectivity index (χ3v) is 12.5. The van der Waals surface area contributed by atoms with Crippen LogP contribution in [0.2, 0.25) is 0 Å². The van der Waals surface area contributed by atoms with Gasteiger partial charge in [-0.2, -0.15) is 0 Å². The van der Waals surface area contributed by atoms with Crippen molar-refractivity contribution in [3.05, 3.63) is 0 Å². The number of ether oxygens (including phenoxy) is 5. The van der Waals surface area contributed by atoms with Crippen molar-refractivity contribution in [3.8, 4) is 0 Å². The normalized spacial score (nSPS) is 27.3. The summed E-state index contributed by atoms with van der Waals surface area (Å²) in [5.74, 6) is -1.04. The summed E-state index contributed by atoms with van der Waals surface area (Å²) in [5.41, 5.74) is 0. The third-order valence-electron chi connectivity index (χ3n) is 12.5. The number of carbonyl (C=O) groups is 2. The highest BCUT2D eigenvalue weighted by molar-refractivity contribution is 5.69. The molecular weight excluding hydrogens is 817 g/mol. The fourth-order valence-electron chi connectivity index (χ4n) is 8.28. The number of aliphatic hydroxyl groups excluding tert-OH is 8. The average molecular weight is 907 g/mol. The smallest absolute Gasteiger partial charge is 0.305 e. The number of rotatable bonds is 38. The highest BCUT2D eigenvalue weighted by Crippen LogP contribution is 2.29. The number of carbonyl (C=O) groups excluding carboxylic acids is 2. The van der Waals surface area contributed by atoms with Gasteiger partial charge in [-0.05, 0) is 38.5 Å². The second-order valence-corrected chi connectivity index (χ2v) is 18.3. The van der Waals surface area contributed by atoms with Crippen molar-refractivity contribution < 1.29 is 74.1 Å². The van der Waals surface area contributed by atoms with Gasteiger partial charge in [0, 0.05) is 12.8 Å². The first-order chi connectivity index (χ1) is 30.4. The molecule has 0 saturated carbocycles. The molecule has 0 bridgehead atoms. The minimum atomic E-state index is -1.82. The fourth-order valence-corrected chi connectivity index (χ4v) is 8.28. The molecule has 63 heavy (non-hydrogen) atoms. The predicted molar refractivity (Wildman–Crippen MR) is 238 cm³/mol. The Morgan fingerprint density at radius 2 is 0.698 bits per heavy atom. The van der Waals surface area contributed by atoms with E-state index in [4.69, 9.17) is 23.7 Å². The number of unbranched alkanes of at least 4 members (excludes halogenated alkanes) is 20. The SMILES string of the molecule is CCCCCCCC(O)CCCCCCCCCC(=O)OC[C@@H]1O[C@@H](O[C@H]2O[C@H](COC(=O)CCCCCCCCCC(O)CCCCCCC)[C@@H](O)[C@H](O)[C@H]2O)[C@@H](O)[C@H](O)[C@H]1O. The topological polar surface area (TPSA) is 242 Å². The van der Waals surface area contributed by atoms with Gasteiger partial charge in [0.05, 0.1) is 12.2 Å². The minimum absolute atomic E-state index is 0.152. The molecule has 15 nitrogen and oxygen atoms in total. The van der Waals surface area contributed by atoms with Gasteiger partial charge in [-0.1, -0.05) is 155 Å². The van der Waals surface area contributed by atoms with Crippen LogP contribution in [0, 0.1) is 0 Å². The monoisotopic (exact) mass is 907 g/mol. The number of aliphatic hydroxyl groups is 8. The van der Waals surface area contributed by atoms with Crippen LogP contribution in [0.4, 0.5) is 0 Å². The molecule has 0 aromatic carbocycles. The molecule has 2 unspecified atom stereocenters. The molecule has 8 N–H and O–H groups in total. The largest absolute Gasteiger partial charge is 0.463 e. The Hall–Kier alpha value is -1.50. The van der Waals surface area contributed by atoms with Gasteiger partial charge in [-0.15, -0.1) is 0 Å². The van der Waals surface area contributed by atoms with Crippen LogP contribution in [0.15, 0.2) is 0 Å². The minimum Gasteiger partial charge on any atom is -0.463 e. The summed E-state index contributed by atoms with van der Waals surface area (Å²) in [6.45, 7) is 3.49. The summed E-state index contributed by atoms with van der Waals surface area (Å²) in [7, 11) is 0. The van der Waals surface area contributed by atoms with Crippen molar-refractivity contribution in [1.29, 1.82) is 0 Å². The van der Waals surface area contributed by atoms with E-state index in [-0.39, 0.29) is 25.0 Å². The molecule has 372 valence electrons. The molecular formula is C48H90O15. The van der Waals surface area contributed by atoms with Crippen molar-refractivity contribution in [2.24, 2.45) is 0 Å². The van der Waals surface area contributed by atoms with E-state index in [1.165, 1.54) is 51.4 Å². The van der Waals surface area contributed by atoms with Crippen molar-refractivity contribution in [1.82, 2.24) is 0 Å². The van der Waals surface area contributed by atoms with Gasteiger partial charge < -0.3 is 64.5 Å². The van der Waals surface area contributed by atoms with E-state index in [0.29, 0.717) is 12.8 Å². The molecule has 2 fully saturated rings. The molecule has 2 aliphatic heterocycles. The fraction of sp³-hybridized carbons (Fsp3) is 0.958. The van der Waals surface area contributed by atoms with Crippen molar-refractivity contribution >= 4 is 11.9 Å². The summed E-state index contributed by atoms with van der Waals surface area (Å²) in [6, 6.07) is 0. The highest BCUT2D eigenvalue weighted by atomic mass is 16.8. The lowest BCUT2D eigenvalue weighted by Gasteiger charge is -2.44. The molecule has 2 saturated heterocycles. The lowest BCUT2D eigenvalue weighted by atomic mass is 9.98. The van der Waals surface area contributed by atoms with E-state index < -0.39 is 86.6 Å². The van der Waals surface area contributed by atoms with Gasteiger partial charge in [-0.25, -0.2) is 0 Å². The van der Waals surface area contributed by atoms with Crippen molar-refractivity contribution in [2.45, 2.75) is 280 Å². The van der Waals surface area contributed by atoms with Gasteiger partial charge in [0.15, 0.2) is 12.6 Å². The first-order valence-electron chi connectivity index (χ1n) is 25.1. The molecule has 2 aliphatic rings. The van der Waals surface area contributed by atoms with Crippen LogP contribution in [0.5, 0.6) is 0 Å².